The lowest BCUT2D eigenvalue weighted by Crippen LogP contribution is -2.41. The van der Waals surface area contributed by atoms with Gasteiger partial charge in [0.15, 0.2) is 0 Å². The van der Waals surface area contributed by atoms with Crippen molar-refractivity contribution in [2.45, 2.75) is 18.6 Å². The fraction of sp³-hybridized carbons (Fsp3) is 0.429. The number of nitrogens with zero attached hydrogens (tertiary/aromatic N) is 2. The number of rotatable bonds is 3. The van der Waals surface area contributed by atoms with Gasteiger partial charge in [-0.1, -0.05) is 0 Å². The number of likely N-dealkylation sites (N-methyl/N-ethyl adjacent to an activating group) is 1. The van der Waals surface area contributed by atoms with Crippen molar-refractivity contribution >= 4 is 11.6 Å². The first-order chi connectivity index (χ1) is 9.15. The maximum Gasteiger partial charge on any atom is 0.243 e. The Hall–Kier alpha value is -1.90. The Bertz CT molecular complexity index is 492. The van der Waals surface area contributed by atoms with Gasteiger partial charge < -0.3 is 15.0 Å². The van der Waals surface area contributed by atoms with Gasteiger partial charge in [0, 0.05) is 26.4 Å². The summed E-state index contributed by atoms with van der Waals surface area (Å²) in [5.74, 6) is 0.0178. The zero-order valence-electron chi connectivity index (χ0n) is 11.1. The first-order valence-electron chi connectivity index (χ1n) is 6.19. The summed E-state index contributed by atoms with van der Waals surface area (Å²) in [6.07, 6.45) is 0.791. The molecule has 5 heteroatoms. The maximum atomic E-state index is 12.3. The van der Waals surface area contributed by atoms with Crippen LogP contribution < -0.4 is 10.2 Å². The lowest BCUT2D eigenvalue weighted by atomic mass is 10.1. The predicted octanol–water partition coefficient (Wildman–Crippen LogP) is 0.898. The van der Waals surface area contributed by atoms with E-state index in [0.29, 0.717) is 18.5 Å². The number of nitrogens with one attached hydrogen (secondary N) is 1. The first kappa shape index (κ1) is 13.5. The highest BCUT2D eigenvalue weighted by Gasteiger charge is 2.31. The Morgan fingerprint density at radius 2 is 2.16 bits per heavy atom. The minimum absolute atomic E-state index is 0.0178. The van der Waals surface area contributed by atoms with Crippen molar-refractivity contribution in [1.29, 1.82) is 5.26 Å². The number of anilines is 1. The molecule has 0 spiro atoms. The summed E-state index contributed by atoms with van der Waals surface area (Å²) in [5, 5.41) is 11.9. The van der Waals surface area contributed by atoms with Gasteiger partial charge in [-0.3, -0.25) is 4.79 Å². The lowest BCUT2D eigenvalue weighted by molar-refractivity contribution is -0.120. The Labute approximate surface area is 112 Å². The minimum Gasteiger partial charge on any atom is -0.380 e. The van der Waals surface area contributed by atoms with Gasteiger partial charge in [-0.15, -0.1) is 0 Å². The van der Waals surface area contributed by atoms with E-state index in [9.17, 15) is 4.79 Å². The molecule has 1 aromatic carbocycles. The quantitative estimate of drug-likeness (QED) is 0.875. The van der Waals surface area contributed by atoms with E-state index in [2.05, 4.69) is 11.4 Å². The molecular formula is C14H17N3O2. The van der Waals surface area contributed by atoms with Crippen molar-refractivity contribution < 1.29 is 9.53 Å². The number of methoxy groups -OCH3 is 1. The molecule has 2 rings (SSSR count). The lowest BCUT2D eigenvalue weighted by Gasteiger charge is -2.21. The summed E-state index contributed by atoms with van der Waals surface area (Å²) in [6.45, 7) is 0.702. The molecule has 5 nitrogen and oxygen atoms in total. The molecule has 1 saturated heterocycles. The molecular weight excluding hydrogens is 242 g/mol. The van der Waals surface area contributed by atoms with Crippen LogP contribution in [0.15, 0.2) is 24.3 Å². The summed E-state index contributed by atoms with van der Waals surface area (Å²) in [5.41, 5.74) is 1.37. The number of hydrogen-bond acceptors (Lipinski definition) is 4. The van der Waals surface area contributed by atoms with Gasteiger partial charge in [0.2, 0.25) is 5.91 Å². The van der Waals surface area contributed by atoms with Crippen molar-refractivity contribution in [3.05, 3.63) is 29.8 Å². The van der Waals surface area contributed by atoms with Crippen molar-refractivity contribution in [3.63, 3.8) is 0 Å². The van der Waals surface area contributed by atoms with E-state index in [1.54, 1.807) is 43.3 Å². The molecule has 0 aromatic heterocycles. The molecule has 2 atom stereocenters. The Balaban J connectivity index is 2.04. The van der Waals surface area contributed by atoms with Gasteiger partial charge >= 0.3 is 0 Å². The molecule has 0 saturated carbocycles. The van der Waals surface area contributed by atoms with Gasteiger partial charge in [-0.05, 0) is 30.7 Å². The third-order valence-corrected chi connectivity index (χ3v) is 3.44. The molecule has 0 bridgehead atoms. The molecule has 1 N–H and O–H groups in total. The third kappa shape index (κ3) is 2.92. The number of hydrogen-bond donors (Lipinski definition) is 1. The smallest absolute Gasteiger partial charge is 0.243 e. The largest absolute Gasteiger partial charge is 0.380 e. The molecule has 1 aliphatic heterocycles. The second-order valence-corrected chi connectivity index (χ2v) is 4.61. The Morgan fingerprint density at radius 3 is 2.68 bits per heavy atom. The number of ether oxygens (including phenoxy) is 1. The standard InChI is InChI=1S/C14H17N3O2/c1-17(11-5-3-10(8-15)4-6-11)14(18)13-7-12(19-2)9-16-13/h3-6,12-13,16H,7,9H2,1-2H3. The zero-order chi connectivity index (χ0) is 13.8. The average molecular weight is 259 g/mol. The van der Waals surface area contributed by atoms with E-state index >= 15 is 0 Å². The first-order valence-corrected chi connectivity index (χ1v) is 6.19. The summed E-state index contributed by atoms with van der Waals surface area (Å²) >= 11 is 0. The summed E-state index contributed by atoms with van der Waals surface area (Å²) in [6, 6.07) is 8.82. The maximum absolute atomic E-state index is 12.3. The van der Waals surface area contributed by atoms with Crippen LogP contribution in [0.25, 0.3) is 0 Å². The van der Waals surface area contributed by atoms with Crippen LogP contribution in [-0.4, -0.2) is 38.8 Å². The van der Waals surface area contributed by atoms with Crippen LogP contribution in [0.5, 0.6) is 0 Å². The fourth-order valence-corrected chi connectivity index (χ4v) is 2.19. The molecule has 1 fully saturated rings. The summed E-state index contributed by atoms with van der Waals surface area (Å²) < 4.78 is 5.24. The number of carbonyl (C=O) groups excluding carboxylic acids is 1. The molecule has 1 aliphatic rings. The van der Waals surface area contributed by atoms with Crippen molar-refractivity contribution in [1.82, 2.24) is 5.32 Å². The molecule has 1 amide bonds. The SMILES string of the molecule is COC1CNC(C(=O)N(C)c2ccc(C#N)cc2)C1. The molecule has 0 aliphatic carbocycles. The monoisotopic (exact) mass is 259 g/mol. The molecule has 19 heavy (non-hydrogen) atoms. The molecule has 100 valence electrons. The van der Waals surface area contributed by atoms with Crippen LogP contribution in [0, 0.1) is 11.3 Å². The second kappa shape index (κ2) is 5.83. The third-order valence-electron chi connectivity index (χ3n) is 3.44. The topological polar surface area (TPSA) is 65.4 Å². The minimum atomic E-state index is -0.203. The van der Waals surface area contributed by atoms with E-state index in [-0.39, 0.29) is 18.1 Å². The number of carbonyl (C=O) groups is 1. The van der Waals surface area contributed by atoms with E-state index in [0.717, 1.165) is 5.69 Å². The highest BCUT2D eigenvalue weighted by Crippen LogP contribution is 2.18. The van der Waals surface area contributed by atoms with E-state index in [4.69, 9.17) is 10.00 Å². The van der Waals surface area contributed by atoms with Crippen molar-refractivity contribution in [2.24, 2.45) is 0 Å². The molecule has 1 aromatic rings. The highest BCUT2D eigenvalue weighted by atomic mass is 16.5. The van der Waals surface area contributed by atoms with Gasteiger partial charge in [0.25, 0.3) is 0 Å². The van der Waals surface area contributed by atoms with Crippen molar-refractivity contribution in [3.8, 4) is 6.07 Å². The van der Waals surface area contributed by atoms with Gasteiger partial charge in [-0.25, -0.2) is 0 Å². The zero-order valence-corrected chi connectivity index (χ0v) is 11.1. The Morgan fingerprint density at radius 1 is 1.47 bits per heavy atom. The van der Waals surface area contributed by atoms with E-state index in [1.807, 2.05) is 0 Å². The average Bonchev–Trinajstić information content (AvgIpc) is 2.94. The number of benzene rings is 1. The molecule has 0 radical (unpaired) electrons. The van der Waals surface area contributed by atoms with Crippen LogP contribution in [-0.2, 0) is 9.53 Å². The van der Waals surface area contributed by atoms with Crippen LogP contribution in [0.3, 0.4) is 0 Å². The van der Waals surface area contributed by atoms with Gasteiger partial charge in [0.1, 0.15) is 0 Å². The molecule has 2 unspecified atom stereocenters. The van der Waals surface area contributed by atoms with Gasteiger partial charge in [-0.2, -0.15) is 5.26 Å². The van der Waals surface area contributed by atoms with E-state index < -0.39 is 0 Å². The Kier molecular flexibility index (Phi) is 4.15. The predicted molar refractivity (Wildman–Crippen MR) is 71.8 cm³/mol. The van der Waals surface area contributed by atoms with Crippen LogP contribution >= 0.6 is 0 Å². The summed E-state index contributed by atoms with van der Waals surface area (Å²) in [7, 11) is 3.40. The molecule has 1 heterocycles. The highest BCUT2D eigenvalue weighted by molar-refractivity contribution is 5.97. The normalized spacial score (nSPS) is 21.9. The van der Waals surface area contributed by atoms with Crippen LogP contribution in [0.2, 0.25) is 0 Å². The van der Waals surface area contributed by atoms with Crippen LogP contribution in [0.4, 0.5) is 5.69 Å². The summed E-state index contributed by atoms with van der Waals surface area (Å²) in [4.78, 5) is 13.9. The fourth-order valence-electron chi connectivity index (χ4n) is 2.19. The second-order valence-electron chi connectivity index (χ2n) is 4.61. The van der Waals surface area contributed by atoms with Gasteiger partial charge in [0.05, 0.1) is 23.8 Å². The number of nitriles is 1. The van der Waals surface area contributed by atoms with E-state index in [1.165, 1.54) is 0 Å². The van der Waals surface area contributed by atoms with Crippen molar-refractivity contribution in [2.75, 3.05) is 25.6 Å². The number of amides is 1. The van der Waals surface area contributed by atoms with Crippen LogP contribution in [0.1, 0.15) is 12.0 Å².